The Bertz CT molecular complexity index is 888. The Hall–Kier alpha value is -2.62. The molecule has 1 aromatic carbocycles. The van der Waals surface area contributed by atoms with E-state index in [1.165, 1.54) is 0 Å². The summed E-state index contributed by atoms with van der Waals surface area (Å²) in [7, 11) is 0. The topological polar surface area (TPSA) is 46.4 Å². The molecule has 2 aromatic heterocycles. The second-order valence-corrected chi connectivity index (χ2v) is 6.31. The van der Waals surface area contributed by atoms with Crippen molar-refractivity contribution in [2.45, 2.75) is 40.5 Å². The molecule has 0 unspecified atom stereocenters. The molecule has 0 bridgehead atoms. The lowest BCUT2D eigenvalue weighted by molar-refractivity contribution is 0.102. The zero-order valence-electron chi connectivity index (χ0n) is 14.7. The highest BCUT2D eigenvalue weighted by Crippen LogP contribution is 2.22. The number of fused-ring (bicyclic) bond motifs is 1. The first kappa shape index (κ1) is 16.2. The molecule has 24 heavy (non-hydrogen) atoms. The number of nitrogens with one attached hydrogen (secondary N) is 1. The molecule has 0 atom stereocenters. The van der Waals surface area contributed by atoms with Crippen molar-refractivity contribution < 1.29 is 4.79 Å². The third kappa shape index (κ3) is 2.92. The molecule has 0 radical (unpaired) electrons. The zero-order chi connectivity index (χ0) is 17.3. The second kappa shape index (κ2) is 6.48. The van der Waals surface area contributed by atoms with Gasteiger partial charge in [0.25, 0.3) is 5.91 Å². The number of amides is 1. The first-order valence-corrected chi connectivity index (χ1v) is 8.36. The van der Waals surface area contributed by atoms with E-state index in [-0.39, 0.29) is 5.91 Å². The summed E-state index contributed by atoms with van der Waals surface area (Å²) in [6.07, 6.45) is 3.71. The molecular weight excluding hydrogens is 298 g/mol. The Labute approximate surface area is 142 Å². The second-order valence-electron chi connectivity index (χ2n) is 6.31. The van der Waals surface area contributed by atoms with Crippen molar-refractivity contribution in [1.29, 1.82) is 0 Å². The van der Waals surface area contributed by atoms with Gasteiger partial charge in [-0.05, 0) is 49.9 Å². The number of pyridine rings is 1. The largest absolute Gasteiger partial charge is 0.320 e. The highest BCUT2D eigenvalue weighted by Gasteiger charge is 2.20. The van der Waals surface area contributed by atoms with Crippen molar-refractivity contribution >= 4 is 17.2 Å². The van der Waals surface area contributed by atoms with Gasteiger partial charge in [0.1, 0.15) is 11.3 Å². The first-order valence-electron chi connectivity index (χ1n) is 8.36. The lowest BCUT2D eigenvalue weighted by atomic mass is 10.1. The van der Waals surface area contributed by atoms with Crippen LogP contribution in [0.4, 0.5) is 5.69 Å². The molecule has 0 spiro atoms. The van der Waals surface area contributed by atoms with Gasteiger partial charge in [-0.15, -0.1) is 0 Å². The number of imidazole rings is 1. The third-order valence-corrected chi connectivity index (χ3v) is 4.26. The summed E-state index contributed by atoms with van der Waals surface area (Å²) in [5.74, 6) is -0.103. The molecule has 124 valence electrons. The first-order chi connectivity index (χ1) is 11.5. The van der Waals surface area contributed by atoms with Gasteiger partial charge < -0.3 is 5.32 Å². The van der Waals surface area contributed by atoms with Gasteiger partial charge in [0.05, 0.1) is 5.69 Å². The van der Waals surface area contributed by atoms with Crippen molar-refractivity contribution in [1.82, 2.24) is 9.38 Å². The summed E-state index contributed by atoms with van der Waals surface area (Å²) in [5, 5.41) is 3.09. The van der Waals surface area contributed by atoms with E-state index in [9.17, 15) is 4.79 Å². The van der Waals surface area contributed by atoms with Crippen LogP contribution < -0.4 is 5.32 Å². The van der Waals surface area contributed by atoms with Gasteiger partial charge in [-0.2, -0.15) is 0 Å². The van der Waals surface area contributed by atoms with E-state index < -0.39 is 0 Å². The van der Waals surface area contributed by atoms with Crippen LogP contribution in [0, 0.1) is 20.8 Å². The normalized spacial score (nSPS) is 11.0. The molecule has 0 saturated carbocycles. The maximum Gasteiger partial charge on any atom is 0.274 e. The summed E-state index contributed by atoms with van der Waals surface area (Å²) < 4.78 is 1.91. The molecule has 3 rings (SSSR count). The fraction of sp³-hybridized carbons (Fsp3) is 0.300. The molecule has 1 amide bonds. The van der Waals surface area contributed by atoms with Gasteiger partial charge in [0.15, 0.2) is 0 Å². The maximum absolute atomic E-state index is 13.0. The molecule has 2 heterocycles. The Morgan fingerprint density at radius 3 is 2.50 bits per heavy atom. The van der Waals surface area contributed by atoms with Gasteiger partial charge in [-0.3, -0.25) is 9.20 Å². The van der Waals surface area contributed by atoms with Crippen molar-refractivity contribution in [3.8, 4) is 0 Å². The number of carbonyl (C=O) groups is 1. The van der Waals surface area contributed by atoms with E-state index >= 15 is 0 Å². The highest BCUT2D eigenvalue weighted by atomic mass is 16.2. The van der Waals surface area contributed by atoms with E-state index in [1.807, 2.05) is 61.7 Å². The number of hydrogen-bond donors (Lipinski definition) is 1. The number of aryl methyl sites for hydroxylation is 4. The third-order valence-electron chi connectivity index (χ3n) is 4.26. The number of anilines is 1. The SMILES string of the molecule is CCCc1nc2ccc(C)cn2c1C(=O)Nc1c(C)cccc1C. The quantitative estimate of drug-likeness (QED) is 0.771. The van der Waals surface area contributed by atoms with Crippen LogP contribution >= 0.6 is 0 Å². The predicted octanol–water partition coefficient (Wildman–Crippen LogP) is 4.46. The molecular formula is C20H23N3O. The molecule has 0 fully saturated rings. The number of rotatable bonds is 4. The predicted molar refractivity (Wildman–Crippen MR) is 97.8 cm³/mol. The number of benzene rings is 1. The van der Waals surface area contributed by atoms with Crippen molar-refractivity contribution in [2.75, 3.05) is 5.32 Å². The van der Waals surface area contributed by atoms with Crippen LogP contribution in [-0.4, -0.2) is 15.3 Å². The van der Waals surface area contributed by atoms with E-state index in [2.05, 4.69) is 17.2 Å². The number of carbonyl (C=O) groups excluding carboxylic acids is 1. The number of aromatic nitrogens is 2. The molecule has 0 saturated heterocycles. The minimum Gasteiger partial charge on any atom is -0.320 e. The lowest BCUT2D eigenvalue weighted by Crippen LogP contribution is -2.18. The fourth-order valence-corrected chi connectivity index (χ4v) is 3.04. The van der Waals surface area contributed by atoms with E-state index in [4.69, 9.17) is 0 Å². The van der Waals surface area contributed by atoms with Crippen LogP contribution in [-0.2, 0) is 6.42 Å². The van der Waals surface area contributed by atoms with E-state index in [1.54, 1.807) is 0 Å². The van der Waals surface area contributed by atoms with Crippen molar-refractivity contribution in [2.24, 2.45) is 0 Å². The Balaban J connectivity index is 2.08. The average Bonchev–Trinajstić information content (AvgIpc) is 2.88. The molecule has 0 aliphatic heterocycles. The van der Waals surface area contributed by atoms with Crippen LogP contribution in [0.25, 0.3) is 5.65 Å². The average molecular weight is 321 g/mol. The van der Waals surface area contributed by atoms with Crippen LogP contribution in [0.1, 0.15) is 46.2 Å². The Morgan fingerprint density at radius 1 is 1.12 bits per heavy atom. The lowest BCUT2D eigenvalue weighted by Gasteiger charge is -2.12. The summed E-state index contributed by atoms with van der Waals surface area (Å²) in [4.78, 5) is 17.7. The molecule has 1 N–H and O–H groups in total. The summed E-state index contributed by atoms with van der Waals surface area (Å²) in [5.41, 5.74) is 6.41. The standard InChI is InChI=1S/C20H23N3O/c1-5-7-16-19(23-12-13(2)10-11-17(23)21-16)20(24)22-18-14(3)8-6-9-15(18)4/h6,8-12H,5,7H2,1-4H3,(H,22,24). The number of nitrogens with zero attached hydrogens (tertiary/aromatic N) is 2. The van der Waals surface area contributed by atoms with Gasteiger partial charge in [0.2, 0.25) is 0 Å². The van der Waals surface area contributed by atoms with Crippen LogP contribution in [0.15, 0.2) is 36.5 Å². The molecule has 3 aromatic rings. The summed E-state index contributed by atoms with van der Waals surface area (Å²) >= 11 is 0. The van der Waals surface area contributed by atoms with Gasteiger partial charge in [-0.25, -0.2) is 4.98 Å². The van der Waals surface area contributed by atoms with Gasteiger partial charge in [0, 0.05) is 11.9 Å². The summed E-state index contributed by atoms with van der Waals surface area (Å²) in [6, 6.07) is 10.00. The summed E-state index contributed by atoms with van der Waals surface area (Å²) in [6.45, 7) is 8.14. The van der Waals surface area contributed by atoms with Gasteiger partial charge in [-0.1, -0.05) is 37.6 Å². The number of para-hydroxylation sites is 1. The molecule has 4 heteroatoms. The van der Waals surface area contributed by atoms with Crippen LogP contribution in [0.3, 0.4) is 0 Å². The highest BCUT2D eigenvalue weighted by molar-refractivity contribution is 6.05. The molecule has 0 aliphatic rings. The monoisotopic (exact) mass is 321 g/mol. The number of hydrogen-bond acceptors (Lipinski definition) is 2. The van der Waals surface area contributed by atoms with Gasteiger partial charge >= 0.3 is 0 Å². The van der Waals surface area contributed by atoms with Crippen LogP contribution in [0.2, 0.25) is 0 Å². The zero-order valence-corrected chi connectivity index (χ0v) is 14.7. The van der Waals surface area contributed by atoms with Crippen molar-refractivity contribution in [3.05, 3.63) is 64.6 Å². The van der Waals surface area contributed by atoms with E-state index in [0.29, 0.717) is 5.69 Å². The smallest absolute Gasteiger partial charge is 0.274 e. The Morgan fingerprint density at radius 2 is 1.83 bits per heavy atom. The molecule has 0 aliphatic carbocycles. The molecule has 4 nitrogen and oxygen atoms in total. The van der Waals surface area contributed by atoms with Crippen molar-refractivity contribution in [3.63, 3.8) is 0 Å². The Kier molecular flexibility index (Phi) is 4.38. The minimum atomic E-state index is -0.103. The maximum atomic E-state index is 13.0. The fourth-order valence-electron chi connectivity index (χ4n) is 3.04. The minimum absolute atomic E-state index is 0.103. The van der Waals surface area contributed by atoms with E-state index in [0.717, 1.165) is 46.6 Å². The van der Waals surface area contributed by atoms with Crippen LogP contribution in [0.5, 0.6) is 0 Å².